The maximum atomic E-state index is 11.6. The molecule has 0 spiro atoms. The minimum Gasteiger partial charge on any atom is -0.390 e. The summed E-state index contributed by atoms with van der Waals surface area (Å²) < 4.78 is 20.9. The topological polar surface area (TPSA) is 127 Å². The molecule has 4 N–H and O–H groups in total. The van der Waals surface area contributed by atoms with Gasteiger partial charge in [0.15, 0.2) is 6.29 Å². The van der Waals surface area contributed by atoms with Gasteiger partial charge in [-0.25, -0.2) is 0 Å². The molecule has 1 saturated heterocycles. The van der Waals surface area contributed by atoms with Gasteiger partial charge in [-0.05, 0) is 19.8 Å². The minimum atomic E-state index is -0.880. The highest BCUT2D eigenvalue weighted by Gasteiger charge is 2.34. The zero-order valence-corrected chi connectivity index (χ0v) is 14.8. The summed E-state index contributed by atoms with van der Waals surface area (Å²) in [5, 5.41) is 30.4. The van der Waals surface area contributed by atoms with E-state index in [0.717, 1.165) is 0 Å². The molecule has 1 rings (SSSR count). The Hall–Kier alpha value is -0.810. The van der Waals surface area contributed by atoms with Crippen molar-refractivity contribution in [2.75, 3.05) is 39.8 Å². The third-order valence-electron chi connectivity index (χ3n) is 3.81. The average molecular weight is 365 g/mol. The fourth-order valence-electron chi connectivity index (χ4n) is 2.37. The van der Waals surface area contributed by atoms with Crippen LogP contribution < -0.4 is 5.32 Å². The van der Waals surface area contributed by atoms with Gasteiger partial charge in [0.05, 0.1) is 32.0 Å². The molecule has 1 aliphatic rings. The van der Waals surface area contributed by atoms with Crippen molar-refractivity contribution in [3.8, 4) is 0 Å². The first-order chi connectivity index (χ1) is 12.0. The molecule has 1 aliphatic heterocycles. The molecule has 0 aromatic rings. The van der Waals surface area contributed by atoms with Crippen molar-refractivity contribution in [3.05, 3.63) is 0 Å². The lowest BCUT2D eigenvalue weighted by Gasteiger charge is -2.35. The monoisotopic (exact) mass is 365 g/mol. The van der Waals surface area contributed by atoms with Gasteiger partial charge in [-0.2, -0.15) is 0 Å². The van der Waals surface area contributed by atoms with Gasteiger partial charge in [-0.1, -0.05) is 0 Å². The van der Waals surface area contributed by atoms with Crippen LogP contribution in [0.5, 0.6) is 0 Å². The van der Waals surface area contributed by atoms with Crippen molar-refractivity contribution in [3.63, 3.8) is 0 Å². The number of ether oxygens (including phenoxy) is 4. The lowest BCUT2D eigenvalue weighted by Crippen LogP contribution is -2.47. The molecule has 1 fully saturated rings. The van der Waals surface area contributed by atoms with E-state index in [1.807, 2.05) is 0 Å². The van der Waals surface area contributed by atoms with Gasteiger partial charge in [0.25, 0.3) is 0 Å². The summed E-state index contributed by atoms with van der Waals surface area (Å²) in [7, 11) is 0. The van der Waals surface area contributed by atoms with E-state index < -0.39 is 24.6 Å². The molecule has 0 radical (unpaired) electrons. The van der Waals surface area contributed by atoms with Crippen molar-refractivity contribution in [1.29, 1.82) is 0 Å². The lowest BCUT2D eigenvalue weighted by molar-refractivity contribution is -0.246. The van der Waals surface area contributed by atoms with Crippen LogP contribution in [0.15, 0.2) is 0 Å². The quantitative estimate of drug-likeness (QED) is 0.245. The zero-order chi connectivity index (χ0) is 18.5. The van der Waals surface area contributed by atoms with E-state index in [1.54, 1.807) is 6.92 Å². The fourth-order valence-corrected chi connectivity index (χ4v) is 2.37. The van der Waals surface area contributed by atoms with Crippen LogP contribution >= 0.6 is 0 Å². The van der Waals surface area contributed by atoms with E-state index in [4.69, 9.17) is 24.1 Å². The van der Waals surface area contributed by atoms with E-state index in [9.17, 15) is 15.0 Å². The van der Waals surface area contributed by atoms with Crippen molar-refractivity contribution >= 4 is 5.91 Å². The van der Waals surface area contributed by atoms with Gasteiger partial charge < -0.3 is 39.6 Å². The Kier molecular flexibility index (Phi) is 11.9. The van der Waals surface area contributed by atoms with Crippen molar-refractivity contribution in [2.24, 2.45) is 0 Å². The third kappa shape index (κ3) is 10.0. The molecule has 9 heteroatoms. The number of unbranched alkanes of at least 4 members (excludes halogenated alkanes) is 1. The van der Waals surface area contributed by atoms with Gasteiger partial charge in [-0.15, -0.1) is 0 Å². The highest BCUT2D eigenvalue weighted by Crippen LogP contribution is 2.21. The minimum absolute atomic E-state index is 0.0451. The Labute approximate surface area is 148 Å². The van der Waals surface area contributed by atoms with Gasteiger partial charge in [0, 0.05) is 26.0 Å². The first kappa shape index (κ1) is 22.2. The molecule has 1 unspecified atom stereocenters. The van der Waals surface area contributed by atoms with Gasteiger partial charge in [0.2, 0.25) is 5.91 Å². The fraction of sp³-hybridized carbons (Fsp3) is 0.938. The molecule has 1 heterocycles. The second-order valence-corrected chi connectivity index (χ2v) is 5.89. The third-order valence-corrected chi connectivity index (χ3v) is 3.81. The van der Waals surface area contributed by atoms with Crippen LogP contribution in [0.1, 0.15) is 32.6 Å². The van der Waals surface area contributed by atoms with Gasteiger partial charge in [0.1, 0.15) is 12.9 Å². The Bertz CT molecular complexity index is 345. The van der Waals surface area contributed by atoms with E-state index in [1.165, 1.54) is 0 Å². The van der Waals surface area contributed by atoms with Crippen LogP contribution in [0.3, 0.4) is 0 Å². The number of aliphatic hydroxyl groups is 3. The van der Waals surface area contributed by atoms with Crippen molar-refractivity contribution in [1.82, 2.24) is 5.32 Å². The molecule has 1 amide bonds. The lowest BCUT2D eigenvalue weighted by atomic mass is 10.0. The summed E-state index contributed by atoms with van der Waals surface area (Å²) >= 11 is 0. The van der Waals surface area contributed by atoms with Gasteiger partial charge in [-0.3, -0.25) is 4.79 Å². The normalized spacial score (nSPS) is 26.6. The maximum absolute atomic E-state index is 11.6. The number of amides is 1. The van der Waals surface area contributed by atoms with E-state index >= 15 is 0 Å². The van der Waals surface area contributed by atoms with Crippen LogP contribution in [-0.4, -0.2) is 85.6 Å². The van der Waals surface area contributed by atoms with E-state index in [2.05, 4.69) is 5.32 Å². The SMILES string of the molecule is C[C@H]1O[C@@H](OCCCCC(=O)NCCOCCOCO)CC(O)[C@H]1O. The Balaban J connectivity index is 1.93. The molecule has 0 aliphatic carbocycles. The van der Waals surface area contributed by atoms with Crippen LogP contribution in [0.4, 0.5) is 0 Å². The Morgan fingerprint density at radius 3 is 2.64 bits per heavy atom. The van der Waals surface area contributed by atoms with Crippen molar-refractivity contribution in [2.45, 2.75) is 57.2 Å². The van der Waals surface area contributed by atoms with Crippen LogP contribution in [0.2, 0.25) is 0 Å². The summed E-state index contributed by atoms with van der Waals surface area (Å²) in [5.41, 5.74) is 0. The Morgan fingerprint density at radius 2 is 1.92 bits per heavy atom. The van der Waals surface area contributed by atoms with Crippen LogP contribution in [-0.2, 0) is 23.7 Å². The van der Waals surface area contributed by atoms with Gasteiger partial charge >= 0.3 is 0 Å². The van der Waals surface area contributed by atoms with Crippen molar-refractivity contribution < 1.29 is 39.1 Å². The number of nitrogens with one attached hydrogen (secondary N) is 1. The summed E-state index contributed by atoms with van der Waals surface area (Å²) in [4.78, 5) is 11.6. The predicted octanol–water partition coefficient (Wildman–Crippen LogP) is -0.871. The van der Waals surface area contributed by atoms with E-state index in [0.29, 0.717) is 52.2 Å². The van der Waals surface area contributed by atoms with E-state index in [-0.39, 0.29) is 19.1 Å². The molecular weight excluding hydrogens is 334 g/mol. The molecule has 25 heavy (non-hydrogen) atoms. The smallest absolute Gasteiger partial charge is 0.220 e. The highest BCUT2D eigenvalue weighted by atomic mass is 16.7. The summed E-state index contributed by atoms with van der Waals surface area (Å²) in [6.07, 6.45) is -0.659. The highest BCUT2D eigenvalue weighted by molar-refractivity contribution is 5.75. The summed E-state index contributed by atoms with van der Waals surface area (Å²) in [6.45, 7) is 3.33. The molecule has 0 saturated carbocycles. The first-order valence-corrected chi connectivity index (χ1v) is 8.70. The predicted molar refractivity (Wildman–Crippen MR) is 87.6 cm³/mol. The van der Waals surface area contributed by atoms with Crippen LogP contribution in [0, 0.1) is 0 Å². The second-order valence-electron chi connectivity index (χ2n) is 5.89. The van der Waals surface area contributed by atoms with Crippen LogP contribution in [0.25, 0.3) is 0 Å². The second kappa shape index (κ2) is 13.4. The molecule has 0 bridgehead atoms. The Morgan fingerprint density at radius 1 is 1.16 bits per heavy atom. The number of hydrogen-bond acceptors (Lipinski definition) is 8. The zero-order valence-electron chi connectivity index (χ0n) is 14.8. The molecule has 0 aromatic carbocycles. The number of hydrogen-bond donors (Lipinski definition) is 4. The molecule has 9 nitrogen and oxygen atoms in total. The maximum Gasteiger partial charge on any atom is 0.220 e. The summed E-state index contributed by atoms with van der Waals surface area (Å²) in [6, 6.07) is 0. The first-order valence-electron chi connectivity index (χ1n) is 8.70. The number of carbonyl (C=O) groups is 1. The average Bonchev–Trinajstić information content (AvgIpc) is 2.58. The number of aliphatic hydroxyl groups excluding tert-OH is 3. The molecule has 148 valence electrons. The molecule has 4 atom stereocenters. The largest absolute Gasteiger partial charge is 0.390 e. The summed E-state index contributed by atoms with van der Waals surface area (Å²) in [5.74, 6) is -0.0451. The number of carbonyl (C=O) groups excluding carboxylic acids is 1. The molecule has 0 aromatic heterocycles. The number of rotatable bonds is 13. The molecular formula is C16H31NO8. The standard InChI is InChI=1S/C16H31NO8/c1-12-16(21)13(19)10-15(25-12)24-6-3-2-4-14(20)17-5-7-22-8-9-23-11-18/h12-13,15-16,18-19,21H,2-11H2,1H3,(H,17,20)/t12-,13?,15-,16+/m1/s1.